The van der Waals surface area contributed by atoms with Crippen molar-refractivity contribution >= 4 is 5.91 Å². The number of nitrogens with one attached hydrogen (secondary N) is 3. The molecule has 0 fully saturated rings. The summed E-state index contributed by atoms with van der Waals surface area (Å²) in [5.41, 5.74) is 1.90. The molecule has 0 saturated carbocycles. The molecule has 1 unspecified atom stereocenters. The minimum absolute atomic E-state index is 0.262. The number of carbonyl (C=O) groups is 1. The number of hydrogen-bond acceptors (Lipinski definition) is 3. The van der Waals surface area contributed by atoms with Gasteiger partial charge in [-0.25, -0.2) is 4.39 Å². The van der Waals surface area contributed by atoms with Gasteiger partial charge in [0.25, 0.3) is 5.91 Å². The van der Waals surface area contributed by atoms with E-state index in [4.69, 9.17) is 0 Å². The van der Waals surface area contributed by atoms with Crippen LogP contribution in [0, 0.1) is 0 Å². The van der Waals surface area contributed by atoms with Crippen molar-refractivity contribution in [2.75, 3.05) is 20.1 Å². The molecule has 2 aliphatic heterocycles. The molecule has 0 aromatic heterocycles. The molecule has 5 heteroatoms. The van der Waals surface area contributed by atoms with Crippen LogP contribution in [0.25, 0.3) is 0 Å². The van der Waals surface area contributed by atoms with Crippen molar-refractivity contribution in [3.8, 4) is 0 Å². The van der Waals surface area contributed by atoms with Crippen LogP contribution in [0.3, 0.4) is 0 Å². The van der Waals surface area contributed by atoms with Crippen molar-refractivity contribution in [1.29, 1.82) is 0 Å². The topological polar surface area (TPSA) is 53.2 Å². The highest BCUT2D eigenvalue weighted by atomic mass is 19.1. The highest BCUT2D eigenvalue weighted by Crippen LogP contribution is 2.23. The first-order valence-corrected chi connectivity index (χ1v) is 5.67. The molecule has 4 nitrogen and oxygen atoms in total. The Morgan fingerprint density at radius 1 is 1.53 bits per heavy atom. The Balaban J connectivity index is 2.19. The van der Waals surface area contributed by atoms with Gasteiger partial charge in [-0.15, -0.1) is 0 Å². The molecule has 17 heavy (non-hydrogen) atoms. The van der Waals surface area contributed by atoms with Crippen molar-refractivity contribution in [1.82, 2.24) is 16.0 Å². The molecule has 0 radical (unpaired) electrons. The first kappa shape index (κ1) is 11.9. The molecule has 0 spiro atoms. The second kappa shape index (κ2) is 5.14. The zero-order valence-corrected chi connectivity index (χ0v) is 9.72. The quantitative estimate of drug-likeness (QED) is 0.608. The van der Waals surface area contributed by atoms with E-state index in [1.807, 2.05) is 6.08 Å². The van der Waals surface area contributed by atoms with Gasteiger partial charge in [0.2, 0.25) is 0 Å². The Kier molecular flexibility index (Phi) is 3.58. The number of alkyl halides is 1. The lowest BCUT2D eigenvalue weighted by atomic mass is 9.97. The van der Waals surface area contributed by atoms with Gasteiger partial charge in [-0.05, 0) is 24.6 Å². The SMILES string of the molecule is CNC(=O)C1=CC=C(C2=CCNCC2)C(F)N1. The molecule has 1 amide bonds. The Labute approximate surface area is 99.6 Å². The highest BCUT2D eigenvalue weighted by Gasteiger charge is 2.23. The fourth-order valence-corrected chi connectivity index (χ4v) is 1.95. The summed E-state index contributed by atoms with van der Waals surface area (Å²) in [4.78, 5) is 11.3. The Morgan fingerprint density at radius 2 is 2.35 bits per heavy atom. The average Bonchev–Trinajstić information content (AvgIpc) is 2.38. The van der Waals surface area contributed by atoms with Gasteiger partial charge >= 0.3 is 0 Å². The second-order valence-corrected chi connectivity index (χ2v) is 3.97. The number of hydrogen-bond donors (Lipinski definition) is 3. The minimum atomic E-state index is -1.31. The number of halogens is 1. The predicted molar refractivity (Wildman–Crippen MR) is 63.8 cm³/mol. The van der Waals surface area contributed by atoms with Crippen LogP contribution in [0.15, 0.2) is 35.1 Å². The molecule has 0 aromatic rings. The van der Waals surface area contributed by atoms with E-state index < -0.39 is 6.30 Å². The number of rotatable bonds is 2. The maximum Gasteiger partial charge on any atom is 0.267 e. The molecule has 0 aromatic carbocycles. The van der Waals surface area contributed by atoms with Crippen LogP contribution in [0.5, 0.6) is 0 Å². The van der Waals surface area contributed by atoms with Crippen molar-refractivity contribution in [2.24, 2.45) is 0 Å². The summed E-state index contributed by atoms with van der Waals surface area (Å²) in [5.74, 6) is -0.303. The maximum atomic E-state index is 13.9. The first-order valence-electron chi connectivity index (χ1n) is 5.67. The van der Waals surface area contributed by atoms with Crippen LogP contribution in [0.2, 0.25) is 0 Å². The fourth-order valence-electron chi connectivity index (χ4n) is 1.95. The van der Waals surface area contributed by atoms with Crippen LogP contribution in [0.1, 0.15) is 6.42 Å². The Morgan fingerprint density at radius 3 is 2.94 bits per heavy atom. The van der Waals surface area contributed by atoms with Gasteiger partial charge in [0.05, 0.1) is 0 Å². The summed E-state index contributed by atoms with van der Waals surface area (Å²) in [6.07, 6.45) is 4.80. The maximum absolute atomic E-state index is 13.9. The van der Waals surface area contributed by atoms with Crippen LogP contribution < -0.4 is 16.0 Å². The summed E-state index contributed by atoms with van der Waals surface area (Å²) >= 11 is 0. The number of carbonyl (C=O) groups excluding carboxylic acids is 1. The van der Waals surface area contributed by atoms with E-state index in [0.29, 0.717) is 5.57 Å². The molecule has 0 bridgehead atoms. The molecular formula is C12H16FN3O. The Hall–Kier alpha value is -1.62. The highest BCUT2D eigenvalue weighted by molar-refractivity contribution is 5.93. The van der Waals surface area contributed by atoms with Gasteiger partial charge < -0.3 is 16.0 Å². The van der Waals surface area contributed by atoms with Crippen molar-refractivity contribution in [3.05, 3.63) is 35.1 Å². The number of allylic oxidation sites excluding steroid dienone is 2. The lowest BCUT2D eigenvalue weighted by Crippen LogP contribution is -2.37. The van der Waals surface area contributed by atoms with E-state index in [1.54, 1.807) is 12.2 Å². The molecule has 0 aliphatic carbocycles. The Bertz CT molecular complexity index is 412. The van der Waals surface area contributed by atoms with Crippen LogP contribution in [-0.4, -0.2) is 32.3 Å². The lowest BCUT2D eigenvalue weighted by molar-refractivity contribution is -0.117. The molecule has 92 valence electrons. The van der Waals surface area contributed by atoms with E-state index >= 15 is 0 Å². The van der Waals surface area contributed by atoms with Crippen molar-refractivity contribution in [2.45, 2.75) is 12.7 Å². The van der Waals surface area contributed by atoms with E-state index in [1.165, 1.54) is 7.05 Å². The number of amides is 1. The minimum Gasteiger partial charge on any atom is -0.354 e. The smallest absolute Gasteiger partial charge is 0.267 e. The van der Waals surface area contributed by atoms with Gasteiger partial charge in [-0.1, -0.05) is 12.2 Å². The molecule has 2 rings (SSSR count). The predicted octanol–water partition coefficient (Wildman–Crippen LogP) is 0.361. The monoisotopic (exact) mass is 237 g/mol. The van der Waals surface area contributed by atoms with Gasteiger partial charge in [0.15, 0.2) is 6.30 Å². The number of likely N-dealkylation sites (N-methyl/N-ethyl adjacent to an activating group) is 1. The van der Waals surface area contributed by atoms with Gasteiger partial charge in [0.1, 0.15) is 5.70 Å². The summed E-state index contributed by atoms with van der Waals surface area (Å²) in [5, 5.41) is 8.21. The third-order valence-corrected chi connectivity index (χ3v) is 2.89. The number of dihydropyridines is 1. The van der Waals surface area contributed by atoms with E-state index in [0.717, 1.165) is 25.1 Å². The van der Waals surface area contributed by atoms with Gasteiger partial charge in [-0.2, -0.15) is 0 Å². The standard InChI is InChI=1S/C12H16FN3O/c1-14-12(17)10-3-2-9(11(13)16-10)8-4-6-15-7-5-8/h2-4,11,15-16H,5-7H2,1H3,(H,14,17). The molecule has 0 saturated heterocycles. The fraction of sp³-hybridized carbons (Fsp3) is 0.417. The normalized spacial score (nSPS) is 24.1. The van der Waals surface area contributed by atoms with Crippen LogP contribution >= 0.6 is 0 Å². The summed E-state index contributed by atoms with van der Waals surface area (Å²) < 4.78 is 13.9. The molecule has 3 N–H and O–H groups in total. The molecular weight excluding hydrogens is 221 g/mol. The molecule has 1 atom stereocenters. The third kappa shape index (κ3) is 2.55. The van der Waals surface area contributed by atoms with E-state index in [2.05, 4.69) is 16.0 Å². The first-order chi connectivity index (χ1) is 8.22. The zero-order valence-electron chi connectivity index (χ0n) is 9.72. The average molecular weight is 237 g/mol. The summed E-state index contributed by atoms with van der Waals surface area (Å²) in [7, 11) is 1.52. The third-order valence-electron chi connectivity index (χ3n) is 2.89. The van der Waals surface area contributed by atoms with E-state index in [-0.39, 0.29) is 11.6 Å². The second-order valence-electron chi connectivity index (χ2n) is 3.97. The largest absolute Gasteiger partial charge is 0.354 e. The molecule has 2 aliphatic rings. The summed E-state index contributed by atoms with van der Waals surface area (Å²) in [6.45, 7) is 1.63. The van der Waals surface area contributed by atoms with Crippen LogP contribution in [0.4, 0.5) is 4.39 Å². The van der Waals surface area contributed by atoms with E-state index in [9.17, 15) is 9.18 Å². The van der Waals surface area contributed by atoms with Gasteiger partial charge in [0, 0.05) is 19.2 Å². The zero-order chi connectivity index (χ0) is 12.3. The molecule has 2 heterocycles. The van der Waals surface area contributed by atoms with Crippen molar-refractivity contribution < 1.29 is 9.18 Å². The summed E-state index contributed by atoms with van der Waals surface area (Å²) in [6, 6.07) is 0. The van der Waals surface area contributed by atoms with Crippen LogP contribution in [-0.2, 0) is 4.79 Å². The van der Waals surface area contributed by atoms with Crippen molar-refractivity contribution in [3.63, 3.8) is 0 Å². The lowest BCUT2D eigenvalue weighted by Gasteiger charge is -2.24. The van der Waals surface area contributed by atoms with Gasteiger partial charge in [-0.3, -0.25) is 4.79 Å².